The molecular weight excluding hydrogens is 432 g/mol. The SMILES string of the molecule is CCCCCCCCCCCOC(=O)c1cccc2c1-c1ccccc1C2=NNc1ccccc1. The molecule has 3 aromatic carbocycles. The van der Waals surface area contributed by atoms with Gasteiger partial charge in [0, 0.05) is 16.7 Å². The molecule has 0 fully saturated rings. The Kier molecular flexibility index (Phi) is 9.11. The number of esters is 1. The van der Waals surface area contributed by atoms with Gasteiger partial charge >= 0.3 is 5.97 Å². The van der Waals surface area contributed by atoms with Gasteiger partial charge in [-0.1, -0.05) is 113 Å². The molecule has 0 spiro atoms. The van der Waals surface area contributed by atoms with Crippen molar-refractivity contribution in [1.29, 1.82) is 0 Å². The lowest BCUT2D eigenvalue weighted by Gasteiger charge is -2.10. The highest BCUT2D eigenvalue weighted by Crippen LogP contribution is 2.39. The molecule has 0 atom stereocenters. The zero-order chi connectivity index (χ0) is 24.3. The molecular formula is C31H36N2O2. The smallest absolute Gasteiger partial charge is 0.338 e. The lowest BCUT2D eigenvalue weighted by Crippen LogP contribution is -2.09. The van der Waals surface area contributed by atoms with Crippen molar-refractivity contribution in [2.75, 3.05) is 12.0 Å². The van der Waals surface area contributed by atoms with Gasteiger partial charge in [-0.2, -0.15) is 5.10 Å². The molecule has 0 aliphatic heterocycles. The third-order valence-electron chi connectivity index (χ3n) is 6.54. The number of rotatable bonds is 13. The van der Waals surface area contributed by atoms with Crippen LogP contribution in [0.1, 0.15) is 86.2 Å². The number of carbonyl (C=O) groups excluding carboxylic acids is 1. The van der Waals surface area contributed by atoms with Gasteiger partial charge in [0.2, 0.25) is 0 Å². The quantitative estimate of drug-likeness (QED) is 0.122. The van der Waals surface area contributed by atoms with Crippen LogP contribution in [0.5, 0.6) is 0 Å². The van der Waals surface area contributed by atoms with Crippen molar-refractivity contribution < 1.29 is 9.53 Å². The van der Waals surface area contributed by atoms with Crippen molar-refractivity contribution in [3.05, 3.63) is 89.5 Å². The van der Waals surface area contributed by atoms with E-state index < -0.39 is 0 Å². The molecule has 1 aliphatic rings. The van der Waals surface area contributed by atoms with E-state index in [0.29, 0.717) is 12.2 Å². The van der Waals surface area contributed by atoms with E-state index in [4.69, 9.17) is 9.84 Å². The maximum absolute atomic E-state index is 13.1. The number of hydrogen-bond donors (Lipinski definition) is 1. The van der Waals surface area contributed by atoms with E-state index in [2.05, 4.69) is 24.5 Å². The molecule has 0 radical (unpaired) electrons. The summed E-state index contributed by atoms with van der Waals surface area (Å²) in [5.74, 6) is -0.256. The first-order chi connectivity index (χ1) is 17.3. The summed E-state index contributed by atoms with van der Waals surface area (Å²) in [6, 6.07) is 23.8. The number of nitrogens with one attached hydrogen (secondary N) is 1. The molecule has 0 unspecified atom stereocenters. The Morgan fingerprint density at radius 2 is 1.34 bits per heavy atom. The van der Waals surface area contributed by atoms with Crippen molar-refractivity contribution in [3.8, 4) is 11.1 Å². The van der Waals surface area contributed by atoms with Crippen LogP contribution in [0.3, 0.4) is 0 Å². The second kappa shape index (κ2) is 12.9. The van der Waals surface area contributed by atoms with E-state index in [0.717, 1.165) is 46.5 Å². The minimum absolute atomic E-state index is 0.256. The molecule has 0 aromatic heterocycles. The average Bonchev–Trinajstić information content (AvgIpc) is 3.22. The second-order valence-electron chi connectivity index (χ2n) is 9.18. The van der Waals surface area contributed by atoms with Crippen LogP contribution < -0.4 is 5.43 Å². The van der Waals surface area contributed by atoms with Crippen LogP contribution >= 0.6 is 0 Å². The summed E-state index contributed by atoms with van der Waals surface area (Å²) in [6.45, 7) is 2.72. The van der Waals surface area contributed by atoms with E-state index in [-0.39, 0.29) is 5.97 Å². The lowest BCUT2D eigenvalue weighted by molar-refractivity contribution is 0.0498. The molecule has 0 amide bonds. The zero-order valence-corrected chi connectivity index (χ0v) is 20.8. The normalized spacial score (nSPS) is 12.9. The number of hydrazone groups is 1. The number of hydrogen-bond acceptors (Lipinski definition) is 4. The Morgan fingerprint density at radius 3 is 2.09 bits per heavy atom. The fraction of sp³-hybridized carbons (Fsp3) is 0.355. The van der Waals surface area contributed by atoms with Gasteiger partial charge in [0.25, 0.3) is 0 Å². The van der Waals surface area contributed by atoms with Gasteiger partial charge in [0.05, 0.1) is 23.6 Å². The fourth-order valence-corrected chi connectivity index (χ4v) is 4.67. The topological polar surface area (TPSA) is 50.7 Å². The highest BCUT2D eigenvalue weighted by Gasteiger charge is 2.29. The molecule has 182 valence electrons. The summed E-state index contributed by atoms with van der Waals surface area (Å²) in [5.41, 5.74) is 9.43. The van der Waals surface area contributed by atoms with E-state index in [1.807, 2.05) is 60.7 Å². The standard InChI is InChI=1S/C31H36N2O2/c1-2-3-4-5-6-7-8-9-15-23-35-31(34)28-22-16-21-27-29(28)25-19-13-14-20-26(25)30(27)33-32-24-17-11-10-12-18-24/h10-14,16-22,32H,2-9,15,23H2,1H3. The van der Waals surface area contributed by atoms with Crippen molar-refractivity contribution in [1.82, 2.24) is 0 Å². The minimum atomic E-state index is -0.256. The van der Waals surface area contributed by atoms with Gasteiger partial charge in [-0.3, -0.25) is 5.43 Å². The summed E-state index contributed by atoms with van der Waals surface area (Å²) >= 11 is 0. The predicted octanol–water partition coefficient (Wildman–Crippen LogP) is 8.22. The molecule has 4 nitrogen and oxygen atoms in total. The third kappa shape index (κ3) is 6.39. The fourth-order valence-electron chi connectivity index (χ4n) is 4.67. The molecule has 0 bridgehead atoms. The Balaban J connectivity index is 1.39. The van der Waals surface area contributed by atoms with Gasteiger partial charge in [-0.15, -0.1) is 0 Å². The molecule has 1 N–H and O–H groups in total. The number of benzene rings is 3. The van der Waals surface area contributed by atoms with Crippen LogP contribution in [-0.2, 0) is 4.74 Å². The first-order valence-electron chi connectivity index (χ1n) is 13.1. The number of para-hydroxylation sites is 1. The lowest BCUT2D eigenvalue weighted by atomic mass is 9.99. The molecule has 3 aromatic rings. The summed E-state index contributed by atoms with van der Waals surface area (Å²) < 4.78 is 5.70. The Hall–Kier alpha value is -3.40. The van der Waals surface area contributed by atoms with E-state index in [1.165, 1.54) is 44.9 Å². The molecule has 35 heavy (non-hydrogen) atoms. The van der Waals surface area contributed by atoms with Crippen molar-refractivity contribution in [2.45, 2.75) is 64.7 Å². The van der Waals surface area contributed by atoms with E-state index in [1.54, 1.807) is 0 Å². The Bertz CT molecular complexity index is 1140. The molecule has 1 aliphatic carbocycles. The van der Waals surface area contributed by atoms with Gasteiger partial charge in [-0.25, -0.2) is 4.79 Å². The van der Waals surface area contributed by atoms with E-state index in [9.17, 15) is 4.79 Å². The second-order valence-corrected chi connectivity index (χ2v) is 9.18. The van der Waals surface area contributed by atoms with Gasteiger partial charge < -0.3 is 4.74 Å². The molecule has 0 heterocycles. The third-order valence-corrected chi connectivity index (χ3v) is 6.54. The molecule has 4 heteroatoms. The van der Waals surface area contributed by atoms with Gasteiger partial charge in [0.15, 0.2) is 0 Å². The summed E-state index contributed by atoms with van der Waals surface area (Å²) in [5, 5.41) is 4.72. The first kappa shape index (κ1) is 24.7. The average molecular weight is 469 g/mol. The molecule has 0 saturated heterocycles. The predicted molar refractivity (Wildman–Crippen MR) is 145 cm³/mol. The number of carbonyl (C=O) groups is 1. The summed E-state index contributed by atoms with van der Waals surface area (Å²) in [6.07, 6.45) is 11.2. The highest BCUT2D eigenvalue weighted by molar-refractivity contribution is 6.26. The number of unbranched alkanes of at least 4 members (excludes halogenated alkanes) is 8. The van der Waals surface area contributed by atoms with Crippen LogP contribution in [0.4, 0.5) is 5.69 Å². The van der Waals surface area contributed by atoms with Gasteiger partial charge in [0.1, 0.15) is 0 Å². The van der Waals surface area contributed by atoms with Crippen LogP contribution in [0.15, 0.2) is 77.9 Å². The summed E-state index contributed by atoms with van der Waals surface area (Å²) in [7, 11) is 0. The van der Waals surface area contributed by atoms with Crippen molar-refractivity contribution in [2.24, 2.45) is 5.10 Å². The van der Waals surface area contributed by atoms with Crippen LogP contribution in [0, 0.1) is 0 Å². The van der Waals surface area contributed by atoms with Gasteiger partial charge in [-0.05, 0) is 30.2 Å². The summed E-state index contributed by atoms with van der Waals surface area (Å²) in [4.78, 5) is 13.1. The Labute approximate surface area is 209 Å². The van der Waals surface area contributed by atoms with Crippen LogP contribution in [0.2, 0.25) is 0 Å². The number of nitrogens with zero attached hydrogens (tertiary/aromatic N) is 1. The highest BCUT2D eigenvalue weighted by atomic mass is 16.5. The van der Waals surface area contributed by atoms with E-state index >= 15 is 0 Å². The largest absolute Gasteiger partial charge is 0.462 e. The number of anilines is 1. The van der Waals surface area contributed by atoms with Crippen molar-refractivity contribution in [3.63, 3.8) is 0 Å². The van der Waals surface area contributed by atoms with Crippen LogP contribution in [0.25, 0.3) is 11.1 Å². The van der Waals surface area contributed by atoms with Crippen molar-refractivity contribution >= 4 is 17.4 Å². The molecule has 0 saturated carbocycles. The maximum atomic E-state index is 13.1. The monoisotopic (exact) mass is 468 g/mol. The minimum Gasteiger partial charge on any atom is -0.462 e. The number of fused-ring (bicyclic) bond motifs is 3. The van der Waals surface area contributed by atoms with Crippen LogP contribution in [-0.4, -0.2) is 18.3 Å². The Morgan fingerprint density at radius 1 is 0.714 bits per heavy atom. The molecule has 4 rings (SSSR count). The zero-order valence-electron chi connectivity index (χ0n) is 20.8. The maximum Gasteiger partial charge on any atom is 0.338 e. The number of ether oxygens (including phenoxy) is 1. The first-order valence-corrected chi connectivity index (χ1v) is 13.1.